The summed E-state index contributed by atoms with van der Waals surface area (Å²) in [6.45, 7) is 4.74. The van der Waals surface area contributed by atoms with Gasteiger partial charge in [-0.2, -0.15) is 5.10 Å². The van der Waals surface area contributed by atoms with E-state index in [4.69, 9.17) is 4.74 Å². The van der Waals surface area contributed by atoms with Gasteiger partial charge in [-0.1, -0.05) is 12.1 Å². The molecule has 4 rings (SSSR count). The van der Waals surface area contributed by atoms with E-state index in [0.717, 1.165) is 17.8 Å². The number of likely N-dealkylation sites (N-methyl/N-ethyl adjacent to an activating group) is 1. The topological polar surface area (TPSA) is 28.1 Å². The number of amidine groups is 1. The Labute approximate surface area is 145 Å². The van der Waals surface area contributed by atoms with Gasteiger partial charge in [-0.15, -0.1) is 11.3 Å². The maximum Gasteiger partial charge on any atom is 0.150 e. The smallest absolute Gasteiger partial charge is 0.150 e. The maximum absolute atomic E-state index is 13.1. The third kappa shape index (κ3) is 2.50. The van der Waals surface area contributed by atoms with Crippen LogP contribution >= 0.6 is 11.3 Å². The first-order valence-electron chi connectivity index (χ1n) is 8.07. The molecule has 1 aromatic carbocycles. The van der Waals surface area contributed by atoms with Gasteiger partial charge >= 0.3 is 0 Å². The van der Waals surface area contributed by atoms with E-state index in [1.165, 1.54) is 28.3 Å². The number of halogens is 1. The van der Waals surface area contributed by atoms with Crippen molar-refractivity contribution >= 4 is 22.2 Å². The summed E-state index contributed by atoms with van der Waals surface area (Å²) in [5, 5.41) is 9.97. The number of thiophene rings is 1. The Hall–Kier alpha value is -1.92. The molecule has 0 saturated carbocycles. The number of rotatable bonds is 2. The van der Waals surface area contributed by atoms with Crippen LogP contribution in [0.5, 0.6) is 0 Å². The summed E-state index contributed by atoms with van der Waals surface area (Å²) in [4.78, 5) is 2.28. The van der Waals surface area contributed by atoms with Crippen molar-refractivity contribution in [2.75, 3.05) is 11.9 Å². The molecule has 0 bridgehead atoms. The molecule has 6 heteroatoms. The fourth-order valence-corrected chi connectivity index (χ4v) is 4.67. The summed E-state index contributed by atoms with van der Waals surface area (Å²) >= 11 is 1.74. The number of anilines is 1. The van der Waals surface area contributed by atoms with Gasteiger partial charge in [0.1, 0.15) is 22.8 Å². The molecule has 2 atom stereocenters. The van der Waals surface area contributed by atoms with Crippen LogP contribution in [-0.4, -0.2) is 30.2 Å². The van der Waals surface area contributed by atoms with Gasteiger partial charge in [0.2, 0.25) is 0 Å². The lowest BCUT2D eigenvalue weighted by Gasteiger charge is -2.30. The highest BCUT2D eigenvalue weighted by Crippen LogP contribution is 2.40. The second kappa shape index (κ2) is 5.86. The highest BCUT2D eigenvalue weighted by Gasteiger charge is 2.40. The standard InChI is InChI=1S/C18H20FN3OS/c1-11-17-21(3)20-12(2)22(17)18-16(9-23-11)14(10-24-18)8-13-4-6-15(19)7-5-13/h4-7,10-11,17H,8-9H2,1-3H3/t11-,17?/m0/s1. The molecule has 1 aromatic heterocycles. The molecule has 3 heterocycles. The van der Waals surface area contributed by atoms with E-state index in [0.29, 0.717) is 6.61 Å². The van der Waals surface area contributed by atoms with Crippen molar-refractivity contribution in [1.29, 1.82) is 0 Å². The van der Waals surface area contributed by atoms with Gasteiger partial charge in [0, 0.05) is 12.6 Å². The molecule has 0 aliphatic carbocycles. The SMILES string of the molecule is CC1=NN(C)C2[C@H](C)OCc3c(Cc4ccc(F)cc4)csc3N12. The number of benzene rings is 1. The van der Waals surface area contributed by atoms with Gasteiger partial charge in [0.25, 0.3) is 0 Å². The van der Waals surface area contributed by atoms with E-state index in [1.807, 2.05) is 31.1 Å². The average Bonchev–Trinajstić information content (AvgIpc) is 3.02. The second-order valence-electron chi connectivity index (χ2n) is 6.37. The molecule has 2 aromatic rings. The third-order valence-electron chi connectivity index (χ3n) is 4.69. The number of ether oxygens (including phenoxy) is 1. The number of nitrogens with zero attached hydrogens (tertiary/aromatic N) is 3. The van der Waals surface area contributed by atoms with E-state index in [9.17, 15) is 4.39 Å². The number of hydrogen-bond acceptors (Lipinski definition) is 5. The molecule has 0 spiro atoms. The van der Waals surface area contributed by atoms with Crippen molar-refractivity contribution in [3.8, 4) is 0 Å². The van der Waals surface area contributed by atoms with Gasteiger partial charge < -0.3 is 4.74 Å². The minimum absolute atomic E-state index is 0.0643. The average molecular weight is 345 g/mol. The fourth-order valence-electron chi connectivity index (χ4n) is 3.51. The van der Waals surface area contributed by atoms with Crippen LogP contribution in [0.4, 0.5) is 9.39 Å². The predicted molar refractivity (Wildman–Crippen MR) is 94.9 cm³/mol. The quantitative estimate of drug-likeness (QED) is 0.828. The molecule has 2 aliphatic rings. The van der Waals surface area contributed by atoms with Crippen molar-refractivity contribution in [2.24, 2.45) is 5.10 Å². The molecule has 0 fully saturated rings. The molecule has 0 radical (unpaired) electrons. The van der Waals surface area contributed by atoms with Crippen LogP contribution < -0.4 is 4.90 Å². The van der Waals surface area contributed by atoms with Crippen LogP contribution in [0.15, 0.2) is 34.7 Å². The molecule has 126 valence electrons. The Morgan fingerprint density at radius 1 is 1.33 bits per heavy atom. The summed E-state index contributed by atoms with van der Waals surface area (Å²) in [7, 11) is 1.99. The lowest BCUT2D eigenvalue weighted by molar-refractivity contribution is 0.00784. The molecule has 0 amide bonds. The minimum atomic E-state index is -0.199. The Bertz CT molecular complexity index is 786. The highest BCUT2D eigenvalue weighted by atomic mass is 32.1. The molecular formula is C18H20FN3OS. The van der Waals surface area contributed by atoms with E-state index in [2.05, 4.69) is 22.3 Å². The number of fused-ring (bicyclic) bond motifs is 3. The first-order valence-corrected chi connectivity index (χ1v) is 8.95. The zero-order valence-electron chi connectivity index (χ0n) is 14.0. The third-order valence-corrected chi connectivity index (χ3v) is 5.76. The molecule has 0 saturated heterocycles. The second-order valence-corrected chi connectivity index (χ2v) is 7.23. The summed E-state index contributed by atoms with van der Waals surface area (Å²) in [5.74, 6) is 0.797. The molecule has 2 aliphatic heterocycles. The van der Waals surface area contributed by atoms with E-state index < -0.39 is 0 Å². The molecule has 4 nitrogen and oxygen atoms in total. The lowest BCUT2D eigenvalue weighted by atomic mass is 10.0. The van der Waals surface area contributed by atoms with Gasteiger partial charge in [0.15, 0.2) is 0 Å². The van der Waals surface area contributed by atoms with Gasteiger partial charge in [-0.25, -0.2) is 4.39 Å². The monoisotopic (exact) mass is 345 g/mol. The van der Waals surface area contributed by atoms with Crippen molar-refractivity contribution in [2.45, 2.75) is 39.1 Å². The van der Waals surface area contributed by atoms with Crippen LogP contribution in [0.3, 0.4) is 0 Å². The number of hydrogen-bond donors (Lipinski definition) is 0. The molecule has 24 heavy (non-hydrogen) atoms. The first kappa shape index (κ1) is 15.6. The normalized spacial score (nSPS) is 22.9. The highest BCUT2D eigenvalue weighted by molar-refractivity contribution is 7.14. The maximum atomic E-state index is 13.1. The van der Waals surface area contributed by atoms with Crippen molar-refractivity contribution in [1.82, 2.24) is 5.01 Å². The van der Waals surface area contributed by atoms with Crippen LogP contribution in [0.1, 0.15) is 30.5 Å². The van der Waals surface area contributed by atoms with Gasteiger partial charge in [-0.05, 0) is 48.9 Å². The van der Waals surface area contributed by atoms with Gasteiger partial charge in [0.05, 0.1) is 12.7 Å². The van der Waals surface area contributed by atoms with Crippen LogP contribution in [-0.2, 0) is 17.8 Å². The van der Waals surface area contributed by atoms with Crippen LogP contribution in [0, 0.1) is 5.82 Å². The van der Waals surface area contributed by atoms with Crippen molar-refractivity contribution < 1.29 is 9.13 Å². The summed E-state index contributed by atoms with van der Waals surface area (Å²) in [6, 6.07) is 6.72. The summed E-state index contributed by atoms with van der Waals surface area (Å²) in [5.41, 5.74) is 3.58. The molecular weight excluding hydrogens is 325 g/mol. The predicted octanol–water partition coefficient (Wildman–Crippen LogP) is 3.81. The molecule has 0 N–H and O–H groups in total. The Morgan fingerprint density at radius 2 is 2.08 bits per heavy atom. The van der Waals surface area contributed by atoms with E-state index in [1.54, 1.807) is 11.3 Å². The summed E-state index contributed by atoms with van der Waals surface area (Å²) in [6.07, 6.45) is 0.951. The Balaban J connectivity index is 1.70. The van der Waals surface area contributed by atoms with E-state index in [-0.39, 0.29) is 18.1 Å². The van der Waals surface area contributed by atoms with Crippen molar-refractivity contribution in [3.63, 3.8) is 0 Å². The zero-order valence-corrected chi connectivity index (χ0v) is 14.8. The first-order chi connectivity index (χ1) is 11.5. The van der Waals surface area contributed by atoms with E-state index >= 15 is 0 Å². The molecule has 1 unspecified atom stereocenters. The zero-order chi connectivity index (χ0) is 16.8. The Morgan fingerprint density at radius 3 is 2.83 bits per heavy atom. The van der Waals surface area contributed by atoms with Crippen LogP contribution in [0.25, 0.3) is 0 Å². The largest absolute Gasteiger partial charge is 0.370 e. The van der Waals surface area contributed by atoms with Crippen molar-refractivity contribution in [3.05, 3.63) is 52.2 Å². The minimum Gasteiger partial charge on any atom is -0.370 e. The van der Waals surface area contributed by atoms with Gasteiger partial charge in [-0.3, -0.25) is 9.91 Å². The fraction of sp³-hybridized carbons (Fsp3) is 0.389. The Kier molecular flexibility index (Phi) is 3.81. The summed E-state index contributed by atoms with van der Waals surface area (Å²) < 4.78 is 19.2. The number of hydrazone groups is 1. The van der Waals surface area contributed by atoms with Crippen LogP contribution in [0.2, 0.25) is 0 Å². The lowest BCUT2D eigenvalue weighted by Crippen LogP contribution is -2.47.